The van der Waals surface area contributed by atoms with Gasteiger partial charge in [-0.3, -0.25) is 14.5 Å². The van der Waals surface area contributed by atoms with Crippen molar-refractivity contribution in [3.63, 3.8) is 0 Å². The lowest BCUT2D eigenvalue weighted by molar-refractivity contribution is -0.141. The number of hydrogen-bond donors (Lipinski definition) is 0. The minimum Gasteiger partial charge on any atom is -0.489 e. The maximum atomic E-state index is 13.1. The lowest BCUT2D eigenvalue weighted by Crippen LogP contribution is -2.42. The van der Waals surface area contributed by atoms with Crippen LogP contribution in [-0.4, -0.2) is 16.7 Å². The van der Waals surface area contributed by atoms with Gasteiger partial charge in [-0.25, -0.2) is 4.39 Å². The van der Waals surface area contributed by atoms with Gasteiger partial charge in [-0.15, -0.1) is 0 Å². The van der Waals surface area contributed by atoms with Crippen molar-refractivity contribution in [2.75, 3.05) is 0 Å². The van der Waals surface area contributed by atoms with Crippen molar-refractivity contribution >= 4 is 17.9 Å². The molecular formula is C26H19FN2O4. The highest BCUT2D eigenvalue weighted by atomic mass is 19.1. The van der Waals surface area contributed by atoms with Gasteiger partial charge in [0.25, 0.3) is 11.8 Å². The summed E-state index contributed by atoms with van der Waals surface area (Å²) in [6.07, 6.45) is 3.09. The topological polar surface area (TPSA) is 83.5 Å². The molecule has 2 heterocycles. The number of nitriles is 1. The van der Waals surface area contributed by atoms with E-state index in [0.717, 1.165) is 10.5 Å². The predicted octanol–water partition coefficient (Wildman–Crippen LogP) is 4.79. The smallest absolute Gasteiger partial charge is 0.272 e. The molecule has 0 N–H and O–H groups in total. The fourth-order valence-corrected chi connectivity index (χ4v) is 3.41. The van der Waals surface area contributed by atoms with Crippen molar-refractivity contribution in [2.24, 2.45) is 0 Å². The molecule has 0 bridgehead atoms. The molecule has 0 radical (unpaired) electrons. The summed E-state index contributed by atoms with van der Waals surface area (Å²) >= 11 is 0. The first-order valence-corrected chi connectivity index (χ1v) is 10.1. The quantitative estimate of drug-likeness (QED) is 0.405. The first kappa shape index (κ1) is 21.8. The van der Waals surface area contributed by atoms with Crippen LogP contribution in [0, 0.1) is 17.1 Å². The van der Waals surface area contributed by atoms with Crippen molar-refractivity contribution in [2.45, 2.75) is 20.1 Å². The van der Waals surface area contributed by atoms with Crippen LogP contribution in [0.15, 0.2) is 88.1 Å². The normalized spacial score (nSPS) is 15.2. The summed E-state index contributed by atoms with van der Waals surface area (Å²) in [7, 11) is 0. The van der Waals surface area contributed by atoms with Gasteiger partial charge in [-0.05, 0) is 66.1 Å². The number of imide groups is 1. The number of amides is 2. The average Bonchev–Trinajstić information content (AvgIpc) is 3.34. The molecule has 0 fully saturated rings. The third kappa shape index (κ3) is 4.75. The molecule has 6 nitrogen and oxygen atoms in total. The van der Waals surface area contributed by atoms with E-state index in [1.165, 1.54) is 18.4 Å². The van der Waals surface area contributed by atoms with Gasteiger partial charge in [0.1, 0.15) is 35.6 Å². The standard InChI is InChI=1S/C26H19FN2O4/c1-17-23(25(30)29(26(31)24(17)14-28)15-22-3-2-12-32-22)13-18-6-10-21(11-7-18)33-16-19-4-8-20(27)9-5-19/h2-13H,15-16H2,1H3/b23-13+. The molecule has 0 saturated heterocycles. The SMILES string of the molecule is CC1=C(C#N)C(=O)N(Cc2ccco2)C(=O)/C1=C/c1ccc(OCc2ccc(F)cc2)cc1. The van der Waals surface area contributed by atoms with E-state index in [4.69, 9.17) is 9.15 Å². The van der Waals surface area contributed by atoms with Gasteiger partial charge in [0, 0.05) is 5.57 Å². The van der Waals surface area contributed by atoms with Crippen LogP contribution < -0.4 is 4.74 Å². The Hall–Kier alpha value is -4.44. The van der Waals surface area contributed by atoms with Crippen molar-refractivity contribution in [1.82, 2.24) is 4.90 Å². The summed E-state index contributed by atoms with van der Waals surface area (Å²) in [6.45, 7) is 1.82. The van der Waals surface area contributed by atoms with Crippen LogP contribution in [-0.2, 0) is 22.7 Å². The zero-order valence-corrected chi connectivity index (χ0v) is 17.7. The fourth-order valence-electron chi connectivity index (χ4n) is 3.41. The van der Waals surface area contributed by atoms with Crippen molar-refractivity contribution in [1.29, 1.82) is 5.26 Å². The fraction of sp³-hybridized carbons (Fsp3) is 0.115. The molecule has 164 valence electrons. The van der Waals surface area contributed by atoms with Gasteiger partial charge in [0.2, 0.25) is 0 Å². The second-order valence-corrected chi connectivity index (χ2v) is 7.43. The number of halogens is 1. The van der Waals surface area contributed by atoms with E-state index >= 15 is 0 Å². The number of hydrogen-bond acceptors (Lipinski definition) is 5. The Bertz CT molecular complexity index is 1280. The summed E-state index contributed by atoms with van der Waals surface area (Å²) in [6, 6.07) is 18.3. The van der Waals surface area contributed by atoms with Crippen LogP contribution >= 0.6 is 0 Å². The van der Waals surface area contributed by atoms with Crippen LogP contribution in [0.25, 0.3) is 6.08 Å². The van der Waals surface area contributed by atoms with Crippen LogP contribution in [0.1, 0.15) is 23.8 Å². The van der Waals surface area contributed by atoms with E-state index in [9.17, 15) is 19.2 Å². The number of furan rings is 1. The molecule has 0 aliphatic carbocycles. The Kier molecular flexibility index (Phi) is 6.18. The number of ether oxygens (including phenoxy) is 1. The second kappa shape index (κ2) is 9.37. The summed E-state index contributed by atoms with van der Waals surface area (Å²) in [4.78, 5) is 26.8. The van der Waals surface area contributed by atoms with Crippen LogP contribution in [0.4, 0.5) is 4.39 Å². The number of nitrogens with zero attached hydrogens (tertiary/aromatic N) is 2. The van der Waals surface area contributed by atoms with Gasteiger partial charge in [0.05, 0.1) is 12.8 Å². The van der Waals surface area contributed by atoms with E-state index in [0.29, 0.717) is 22.6 Å². The summed E-state index contributed by atoms with van der Waals surface area (Å²) in [5.74, 6) is -0.393. The lowest BCUT2D eigenvalue weighted by Gasteiger charge is -2.26. The minimum atomic E-state index is -0.641. The average molecular weight is 442 g/mol. The van der Waals surface area contributed by atoms with E-state index in [1.54, 1.807) is 61.5 Å². The van der Waals surface area contributed by atoms with E-state index in [-0.39, 0.29) is 30.1 Å². The third-order valence-electron chi connectivity index (χ3n) is 5.23. The summed E-state index contributed by atoms with van der Waals surface area (Å²) in [5, 5.41) is 9.50. The Balaban J connectivity index is 1.55. The summed E-state index contributed by atoms with van der Waals surface area (Å²) in [5.41, 5.74) is 2.06. The lowest BCUT2D eigenvalue weighted by atomic mass is 9.93. The molecule has 0 atom stereocenters. The first-order chi connectivity index (χ1) is 16.0. The molecule has 1 aliphatic heterocycles. The second-order valence-electron chi connectivity index (χ2n) is 7.43. The van der Waals surface area contributed by atoms with Crippen LogP contribution in [0.5, 0.6) is 5.75 Å². The molecule has 0 spiro atoms. The van der Waals surface area contributed by atoms with Crippen molar-refractivity contribution in [3.8, 4) is 11.8 Å². The molecule has 4 rings (SSSR count). The molecular weight excluding hydrogens is 423 g/mol. The molecule has 33 heavy (non-hydrogen) atoms. The Morgan fingerprint density at radius 1 is 1.06 bits per heavy atom. The minimum absolute atomic E-state index is 0.0589. The molecule has 3 aromatic rings. The Morgan fingerprint density at radius 3 is 2.42 bits per heavy atom. The highest BCUT2D eigenvalue weighted by Gasteiger charge is 2.35. The Morgan fingerprint density at radius 2 is 1.79 bits per heavy atom. The number of rotatable bonds is 6. The highest BCUT2D eigenvalue weighted by molar-refractivity contribution is 6.19. The molecule has 2 amide bonds. The van der Waals surface area contributed by atoms with Gasteiger partial charge < -0.3 is 9.15 Å². The van der Waals surface area contributed by atoms with Crippen LogP contribution in [0.3, 0.4) is 0 Å². The van der Waals surface area contributed by atoms with E-state index in [1.807, 2.05) is 6.07 Å². The largest absolute Gasteiger partial charge is 0.489 e. The molecule has 2 aromatic carbocycles. The summed E-state index contributed by atoms with van der Waals surface area (Å²) < 4.78 is 24.0. The first-order valence-electron chi connectivity index (χ1n) is 10.1. The maximum absolute atomic E-state index is 13.1. The van der Waals surface area contributed by atoms with E-state index < -0.39 is 11.8 Å². The zero-order valence-electron chi connectivity index (χ0n) is 17.7. The third-order valence-corrected chi connectivity index (χ3v) is 5.23. The van der Waals surface area contributed by atoms with E-state index in [2.05, 4.69) is 0 Å². The van der Waals surface area contributed by atoms with Crippen LogP contribution in [0.2, 0.25) is 0 Å². The van der Waals surface area contributed by atoms with Gasteiger partial charge in [-0.1, -0.05) is 24.3 Å². The predicted molar refractivity (Wildman–Crippen MR) is 118 cm³/mol. The number of carbonyl (C=O) groups excluding carboxylic acids is 2. The highest BCUT2D eigenvalue weighted by Crippen LogP contribution is 2.28. The molecule has 0 unspecified atom stereocenters. The molecule has 7 heteroatoms. The molecule has 1 aromatic heterocycles. The maximum Gasteiger partial charge on any atom is 0.272 e. The van der Waals surface area contributed by atoms with Crippen molar-refractivity contribution in [3.05, 3.63) is 106 Å². The monoisotopic (exact) mass is 442 g/mol. The Labute approximate surface area is 189 Å². The number of benzene rings is 2. The van der Waals surface area contributed by atoms with Gasteiger partial charge in [-0.2, -0.15) is 5.26 Å². The molecule has 1 aliphatic rings. The van der Waals surface area contributed by atoms with Gasteiger partial charge in [0.15, 0.2) is 0 Å². The van der Waals surface area contributed by atoms with Crippen molar-refractivity contribution < 1.29 is 23.1 Å². The zero-order chi connectivity index (χ0) is 23.4. The van der Waals surface area contributed by atoms with Gasteiger partial charge >= 0.3 is 0 Å². The number of carbonyl (C=O) groups is 2. The molecule has 0 saturated carbocycles.